The van der Waals surface area contributed by atoms with E-state index in [-0.39, 0.29) is 34.0 Å². The Morgan fingerprint density at radius 1 is 0.919 bits per heavy atom. The summed E-state index contributed by atoms with van der Waals surface area (Å²) in [5.74, 6) is -4.24. The highest BCUT2D eigenvalue weighted by molar-refractivity contribution is 6.32. The molecule has 37 heavy (non-hydrogen) atoms. The molecular weight excluding hydrogens is 498 g/mol. The predicted octanol–water partition coefficient (Wildman–Crippen LogP) is 7.75. The van der Waals surface area contributed by atoms with Gasteiger partial charge in [0.05, 0.1) is 28.3 Å². The highest BCUT2D eigenvalue weighted by atomic mass is 35.5. The van der Waals surface area contributed by atoms with Crippen LogP contribution in [0.3, 0.4) is 0 Å². The molecule has 0 heterocycles. The van der Waals surface area contributed by atoms with Crippen LogP contribution < -0.4 is 10.1 Å². The summed E-state index contributed by atoms with van der Waals surface area (Å²) in [6, 6.07) is 12.2. The molecule has 1 aliphatic rings. The topological polar surface area (TPSA) is 79.2 Å². The van der Waals surface area contributed by atoms with E-state index in [0.717, 1.165) is 32.1 Å². The maximum atomic E-state index is 16.0. The largest absolute Gasteiger partial charge is 0.488 e. The monoisotopic (exact) mass is 522 g/mol. The number of anilines is 2. The van der Waals surface area contributed by atoms with Crippen LogP contribution in [0, 0.1) is 23.0 Å². The molecule has 0 aromatic heterocycles. The van der Waals surface area contributed by atoms with Crippen LogP contribution in [0.25, 0.3) is 0 Å². The van der Waals surface area contributed by atoms with E-state index in [0.29, 0.717) is 6.42 Å². The molecule has 3 aromatic rings. The van der Waals surface area contributed by atoms with E-state index in [1.54, 1.807) is 12.1 Å². The molecule has 5 nitrogen and oxygen atoms in total. The van der Waals surface area contributed by atoms with Crippen molar-refractivity contribution in [2.75, 3.05) is 11.9 Å². The number of carbonyl (C=O) groups excluding carboxylic acids is 2. The molecular formula is C29H25ClF2N2O3. The number of halogens is 3. The molecule has 0 saturated heterocycles. The van der Waals surface area contributed by atoms with Gasteiger partial charge in [-0.3, -0.25) is 9.59 Å². The highest BCUT2D eigenvalue weighted by Crippen LogP contribution is 2.42. The van der Waals surface area contributed by atoms with Gasteiger partial charge in [0, 0.05) is 16.8 Å². The Morgan fingerprint density at radius 3 is 2.16 bits per heavy atom. The number of fused-ring (bicyclic) bond motifs is 2. The van der Waals surface area contributed by atoms with Gasteiger partial charge in [0.15, 0.2) is 29.0 Å². The highest BCUT2D eigenvalue weighted by Gasteiger charge is 2.38. The zero-order chi connectivity index (χ0) is 26.5. The molecule has 0 bridgehead atoms. The molecule has 190 valence electrons. The number of benzene rings is 3. The second-order valence-electron chi connectivity index (χ2n) is 8.83. The molecule has 0 radical (unpaired) electrons. The molecule has 8 heteroatoms. The minimum atomic E-state index is -1.10. The summed E-state index contributed by atoms with van der Waals surface area (Å²) in [5.41, 5.74) is -1.21. The minimum Gasteiger partial charge on any atom is -0.488 e. The Hall–Kier alpha value is -3.76. The lowest BCUT2D eigenvalue weighted by Crippen LogP contribution is -2.25. The number of ketones is 2. The molecule has 0 saturated carbocycles. The predicted molar refractivity (Wildman–Crippen MR) is 138 cm³/mol. The number of ether oxygens (including phenoxy) is 1. The van der Waals surface area contributed by atoms with E-state index in [1.807, 2.05) is 6.07 Å². The van der Waals surface area contributed by atoms with Crippen LogP contribution >= 0.6 is 11.6 Å². The molecule has 0 amide bonds. The van der Waals surface area contributed by atoms with Gasteiger partial charge in [-0.15, -0.1) is 0 Å². The summed E-state index contributed by atoms with van der Waals surface area (Å²) < 4.78 is 37.6. The standard InChI is InChI=1S/C29H25ClF2N2O3/c1-2-3-4-5-6-9-14-37-29-25(32)23-22(27(35)19-10-7-8-11-20(19)28(23)36)24(31)26(29)34-18-13-12-17(16-33)21(30)15-18/h7-8,10-13,15,34H,2-6,9,14H2,1H3. The van der Waals surface area contributed by atoms with E-state index in [4.69, 9.17) is 21.6 Å². The van der Waals surface area contributed by atoms with Gasteiger partial charge in [-0.2, -0.15) is 5.26 Å². The lowest BCUT2D eigenvalue weighted by molar-refractivity contribution is 0.0971. The van der Waals surface area contributed by atoms with Crippen LogP contribution in [0.5, 0.6) is 5.75 Å². The summed E-state index contributed by atoms with van der Waals surface area (Å²) in [7, 11) is 0. The van der Waals surface area contributed by atoms with Crippen molar-refractivity contribution < 1.29 is 23.1 Å². The molecule has 1 aliphatic carbocycles. The maximum Gasteiger partial charge on any atom is 0.197 e. The Bertz CT molecular complexity index is 1420. The fourth-order valence-corrected chi connectivity index (χ4v) is 4.60. The van der Waals surface area contributed by atoms with Crippen LogP contribution in [0.15, 0.2) is 42.5 Å². The van der Waals surface area contributed by atoms with Crippen molar-refractivity contribution in [3.05, 3.63) is 86.9 Å². The van der Waals surface area contributed by atoms with Gasteiger partial charge < -0.3 is 10.1 Å². The summed E-state index contributed by atoms with van der Waals surface area (Å²) in [5, 5.41) is 12.0. The summed E-state index contributed by atoms with van der Waals surface area (Å²) >= 11 is 6.11. The van der Waals surface area contributed by atoms with Gasteiger partial charge in [0.1, 0.15) is 11.8 Å². The number of carbonyl (C=O) groups is 2. The van der Waals surface area contributed by atoms with Crippen molar-refractivity contribution in [2.24, 2.45) is 0 Å². The van der Waals surface area contributed by atoms with Gasteiger partial charge in [-0.1, -0.05) is 74.9 Å². The van der Waals surface area contributed by atoms with Gasteiger partial charge in [0.2, 0.25) is 0 Å². The van der Waals surface area contributed by atoms with E-state index in [9.17, 15) is 9.59 Å². The Morgan fingerprint density at radius 2 is 1.54 bits per heavy atom. The molecule has 0 spiro atoms. The molecule has 1 N–H and O–H groups in total. The first-order chi connectivity index (χ1) is 17.9. The van der Waals surface area contributed by atoms with E-state index in [1.165, 1.54) is 30.3 Å². The van der Waals surface area contributed by atoms with Gasteiger partial charge in [-0.25, -0.2) is 8.78 Å². The maximum absolute atomic E-state index is 16.0. The van der Waals surface area contributed by atoms with Gasteiger partial charge in [0.25, 0.3) is 0 Å². The smallest absolute Gasteiger partial charge is 0.197 e. The first-order valence-corrected chi connectivity index (χ1v) is 12.6. The van der Waals surface area contributed by atoms with Crippen LogP contribution in [0.4, 0.5) is 20.2 Å². The van der Waals surface area contributed by atoms with Crippen LogP contribution in [-0.4, -0.2) is 18.2 Å². The Balaban J connectivity index is 1.75. The molecule has 4 rings (SSSR count). The SMILES string of the molecule is CCCCCCCCOc1c(F)c2c(c(F)c1Nc1ccc(C#N)c(Cl)c1)C(=O)c1ccccc1C2=O. The molecule has 0 atom stereocenters. The number of hydrogen-bond donors (Lipinski definition) is 1. The lowest BCUT2D eigenvalue weighted by atomic mass is 9.83. The average Bonchev–Trinajstić information content (AvgIpc) is 2.90. The minimum absolute atomic E-state index is 0.00594. The quantitative estimate of drug-likeness (QED) is 0.215. The number of nitriles is 1. The van der Waals surface area contributed by atoms with Crippen molar-refractivity contribution in [3.63, 3.8) is 0 Å². The van der Waals surface area contributed by atoms with Crippen molar-refractivity contribution in [1.29, 1.82) is 5.26 Å². The number of unbranched alkanes of at least 4 members (excludes halogenated alkanes) is 5. The molecule has 3 aromatic carbocycles. The number of rotatable bonds is 10. The fourth-order valence-electron chi connectivity index (χ4n) is 4.37. The summed E-state index contributed by atoms with van der Waals surface area (Å²) in [6.45, 7) is 2.22. The fraction of sp³-hybridized carbons (Fsp3) is 0.276. The first-order valence-electron chi connectivity index (χ1n) is 12.2. The van der Waals surface area contributed by atoms with Gasteiger partial charge >= 0.3 is 0 Å². The second kappa shape index (κ2) is 11.5. The third-order valence-electron chi connectivity index (χ3n) is 6.31. The molecule has 0 unspecified atom stereocenters. The lowest BCUT2D eigenvalue weighted by Gasteiger charge is -2.23. The molecule has 0 fully saturated rings. The van der Waals surface area contributed by atoms with E-state index in [2.05, 4.69) is 12.2 Å². The van der Waals surface area contributed by atoms with E-state index < -0.39 is 45.8 Å². The van der Waals surface area contributed by atoms with Crippen molar-refractivity contribution >= 4 is 34.5 Å². The summed E-state index contributed by atoms with van der Waals surface area (Å²) in [4.78, 5) is 26.3. The molecule has 0 aliphatic heterocycles. The van der Waals surface area contributed by atoms with Crippen molar-refractivity contribution in [1.82, 2.24) is 0 Å². The number of nitrogens with one attached hydrogen (secondary N) is 1. The van der Waals surface area contributed by atoms with Crippen LogP contribution in [-0.2, 0) is 0 Å². The summed E-state index contributed by atoms with van der Waals surface area (Å²) in [6.07, 6.45) is 5.79. The zero-order valence-electron chi connectivity index (χ0n) is 20.3. The van der Waals surface area contributed by atoms with Crippen molar-refractivity contribution in [3.8, 4) is 11.8 Å². The van der Waals surface area contributed by atoms with Crippen molar-refractivity contribution in [2.45, 2.75) is 45.4 Å². The Labute approximate surface area is 219 Å². The van der Waals surface area contributed by atoms with Gasteiger partial charge in [-0.05, 0) is 24.6 Å². The van der Waals surface area contributed by atoms with E-state index >= 15 is 8.78 Å². The zero-order valence-corrected chi connectivity index (χ0v) is 21.1. The Kier molecular flexibility index (Phi) is 8.20. The van der Waals surface area contributed by atoms with Crippen LogP contribution in [0.1, 0.15) is 82.9 Å². The third-order valence-corrected chi connectivity index (χ3v) is 6.62. The second-order valence-corrected chi connectivity index (χ2v) is 9.24. The normalized spacial score (nSPS) is 12.1. The third kappa shape index (κ3) is 5.21. The average molecular weight is 523 g/mol. The first kappa shape index (κ1) is 26.3. The number of hydrogen-bond acceptors (Lipinski definition) is 5. The number of nitrogens with zero attached hydrogens (tertiary/aromatic N) is 1. The van der Waals surface area contributed by atoms with Crippen LogP contribution in [0.2, 0.25) is 5.02 Å².